The van der Waals surface area contributed by atoms with E-state index in [1.165, 1.54) is 0 Å². The van der Waals surface area contributed by atoms with Gasteiger partial charge in [0.15, 0.2) is 0 Å². The molecular formula is C31H41N3O6. The Hall–Kier alpha value is -3.17. The number of aliphatic hydroxyl groups is 1. The summed E-state index contributed by atoms with van der Waals surface area (Å²) >= 11 is 0. The molecular weight excluding hydrogens is 510 g/mol. The van der Waals surface area contributed by atoms with Gasteiger partial charge >= 0.3 is 0 Å². The van der Waals surface area contributed by atoms with Crippen LogP contribution < -0.4 is 9.64 Å². The molecule has 4 aliphatic rings. The monoisotopic (exact) mass is 551 g/mol. The maximum absolute atomic E-state index is 14.5. The van der Waals surface area contributed by atoms with Gasteiger partial charge in [0.25, 0.3) is 5.91 Å². The third-order valence-electron chi connectivity index (χ3n) is 8.83. The highest BCUT2D eigenvalue weighted by atomic mass is 16.5. The molecule has 216 valence electrons. The predicted octanol–water partition coefficient (Wildman–Crippen LogP) is 2.93. The third kappa shape index (κ3) is 4.63. The van der Waals surface area contributed by atoms with Crippen molar-refractivity contribution in [2.45, 2.75) is 63.2 Å². The average Bonchev–Trinajstić information content (AvgIpc) is 3.21. The van der Waals surface area contributed by atoms with E-state index in [0.717, 1.165) is 19.3 Å². The number of aliphatic hydroxyl groups excluding tert-OH is 1. The standard InChI is InChI=1S/C31H41N3O6/c1-4-17-32-18-9-15-30(2)24(27(32)36)25-28(37)34(19-7-5-6-8-21-35)26-29(38)33(20-10-16-31(25,26)40-30)22-11-13-23(39-3)14-12-22/h9-16,24-26,35H,4-8,17-21H2,1-3H3/t24-,25+,26?,30+,31+/m1/s1. The molecule has 1 N–H and O–H groups in total. The van der Waals surface area contributed by atoms with Crippen LogP contribution in [0.5, 0.6) is 5.75 Å². The molecule has 2 saturated heterocycles. The Morgan fingerprint density at radius 2 is 1.65 bits per heavy atom. The van der Waals surface area contributed by atoms with Crippen LogP contribution in [0.1, 0.15) is 46.0 Å². The summed E-state index contributed by atoms with van der Waals surface area (Å²) in [5.74, 6) is -1.35. The normalized spacial score (nSPS) is 31.2. The number of nitrogens with zero attached hydrogens (tertiary/aromatic N) is 3. The highest BCUT2D eigenvalue weighted by Crippen LogP contribution is 2.57. The number of rotatable bonds is 10. The fraction of sp³-hybridized carbons (Fsp3) is 0.581. The van der Waals surface area contributed by atoms with E-state index in [0.29, 0.717) is 50.5 Å². The Bertz CT molecular complexity index is 1180. The zero-order valence-corrected chi connectivity index (χ0v) is 23.8. The number of methoxy groups -OCH3 is 1. The molecule has 0 saturated carbocycles. The van der Waals surface area contributed by atoms with Crippen molar-refractivity contribution in [3.63, 3.8) is 0 Å². The average molecular weight is 552 g/mol. The van der Waals surface area contributed by atoms with Crippen molar-refractivity contribution < 1.29 is 29.0 Å². The number of ether oxygens (including phenoxy) is 2. The lowest BCUT2D eigenvalue weighted by atomic mass is 9.74. The minimum Gasteiger partial charge on any atom is -0.497 e. The van der Waals surface area contributed by atoms with Gasteiger partial charge in [-0.1, -0.05) is 44.1 Å². The van der Waals surface area contributed by atoms with Gasteiger partial charge in [0, 0.05) is 38.5 Å². The number of hydrogen-bond acceptors (Lipinski definition) is 6. The first kappa shape index (κ1) is 28.4. The summed E-state index contributed by atoms with van der Waals surface area (Å²) in [4.78, 5) is 48.0. The zero-order valence-electron chi connectivity index (χ0n) is 23.8. The maximum atomic E-state index is 14.5. The van der Waals surface area contributed by atoms with Gasteiger partial charge < -0.3 is 29.3 Å². The topological polar surface area (TPSA) is 99.6 Å². The number of carbonyl (C=O) groups excluding carboxylic acids is 3. The molecule has 9 nitrogen and oxygen atoms in total. The largest absolute Gasteiger partial charge is 0.497 e. The molecule has 0 bridgehead atoms. The number of carbonyl (C=O) groups is 3. The maximum Gasteiger partial charge on any atom is 0.253 e. The summed E-state index contributed by atoms with van der Waals surface area (Å²) in [7, 11) is 1.60. The van der Waals surface area contributed by atoms with Gasteiger partial charge in [-0.15, -0.1) is 0 Å². The molecule has 0 radical (unpaired) electrons. The van der Waals surface area contributed by atoms with Crippen molar-refractivity contribution in [2.75, 3.05) is 44.8 Å². The summed E-state index contributed by atoms with van der Waals surface area (Å²) in [5.41, 5.74) is -1.56. The van der Waals surface area contributed by atoms with E-state index in [-0.39, 0.29) is 24.3 Å². The van der Waals surface area contributed by atoms with Crippen LogP contribution in [-0.4, -0.2) is 89.8 Å². The van der Waals surface area contributed by atoms with Crippen LogP contribution in [0.25, 0.3) is 0 Å². The van der Waals surface area contributed by atoms with Gasteiger partial charge in [0.05, 0.1) is 24.5 Å². The number of anilines is 1. The molecule has 40 heavy (non-hydrogen) atoms. The predicted molar refractivity (Wildman–Crippen MR) is 151 cm³/mol. The van der Waals surface area contributed by atoms with Crippen LogP contribution in [-0.2, 0) is 19.1 Å². The summed E-state index contributed by atoms with van der Waals surface area (Å²) in [6.45, 7) is 5.83. The SMILES string of the molecule is CCCN1CC=C[C@]2(C)O[C@]34C=CCN(c5ccc(OC)cc5)C(=O)C3N(CCCCCCO)C(=O)[C@@H]4[C@@H]2C1=O. The molecule has 1 aromatic rings. The molecule has 9 heteroatoms. The lowest BCUT2D eigenvalue weighted by molar-refractivity contribution is -0.148. The first-order valence-electron chi connectivity index (χ1n) is 14.5. The number of unbranched alkanes of at least 4 members (excludes halogenated alkanes) is 3. The van der Waals surface area contributed by atoms with E-state index >= 15 is 0 Å². The second-order valence-corrected chi connectivity index (χ2v) is 11.4. The number of fused-ring (bicyclic) bond motifs is 2. The molecule has 3 amide bonds. The van der Waals surface area contributed by atoms with Gasteiger partial charge in [-0.3, -0.25) is 14.4 Å². The van der Waals surface area contributed by atoms with Crippen LogP contribution >= 0.6 is 0 Å². The fourth-order valence-electron chi connectivity index (χ4n) is 7.02. The molecule has 0 aliphatic carbocycles. The van der Waals surface area contributed by atoms with E-state index in [2.05, 4.69) is 0 Å². The lowest BCUT2D eigenvalue weighted by Crippen LogP contribution is -2.56. The van der Waals surface area contributed by atoms with Crippen LogP contribution in [0.2, 0.25) is 0 Å². The number of hydrogen-bond donors (Lipinski definition) is 1. The molecule has 2 fully saturated rings. The molecule has 5 rings (SSSR count). The number of benzene rings is 1. The van der Waals surface area contributed by atoms with E-state index in [1.807, 2.05) is 62.4 Å². The van der Waals surface area contributed by atoms with Crippen molar-refractivity contribution in [3.05, 3.63) is 48.6 Å². The van der Waals surface area contributed by atoms with Crippen LogP contribution in [0.15, 0.2) is 48.6 Å². The molecule has 1 unspecified atom stereocenters. The summed E-state index contributed by atoms with van der Waals surface area (Å²) in [6, 6.07) is 6.40. The molecule has 1 spiro atoms. The second-order valence-electron chi connectivity index (χ2n) is 11.4. The van der Waals surface area contributed by atoms with Crippen LogP contribution in [0.4, 0.5) is 5.69 Å². The highest BCUT2D eigenvalue weighted by molar-refractivity contribution is 6.06. The van der Waals surface area contributed by atoms with Crippen molar-refractivity contribution >= 4 is 23.4 Å². The Morgan fingerprint density at radius 1 is 0.925 bits per heavy atom. The highest BCUT2D eigenvalue weighted by Gasteiger charge is 2.74. The first-order chi connectivity index (χ1) is 19.3. The molecule has 4 aliphatic heterocycles. The van der Waals surface area contributed by atoms with E-state index in [1.54, 1.807) is 21.8 Å². The quantitative estimate of drug-likeness (QED) is 0.355. The van der Waals surface area contributed by atoms with Crippen molar-refractivity contribution in [2.24, 2.45) is 11.8 Å². The first-order valence-corrected chi connectivity index (χ1v) is 14.5. The van der Waals surface area contributed by atoms with E-state index in [9.17, 15) is 19.5 Å². The third-order valence-corrected chi connectivity index (χ3v) is 8.83. The Labute approximate surface area is 236 Å². The van der Waals surface area contributed by atoms with Crippen molar-refractivity contribution in [3.8, 4) is 5.75 Å². The molecule has 5 atom stereocenters. The van der Waals surface area contributed by atoms with Crippen molar-refractivity contribution in [1.29, 1.82) is 0 Å². The van der Waals surface area contributed by atoms with Gasteiger partial charge in [-0.2, -0.15) is 0 Å². The number of likely N-dealkylation sites (tertiary alicyclic amines) is 1. The number of amides is 3. The Kier molecular flexibility index (Phi) is 8.06. The summed E-state index contributed by atoms with van der Waals surface area (Å²) < 4.78 is 12.2. The Balaban J connectivity index is 1.55. The van der Waals surface area contributed by atoms with Gasteiger partial charge in [-0.05, 0) is 50.5 Å². The van der Waals surface area contributed by atoms with Gasteiger partial charge in [0.1, 0.15) is 17.4 Å². The zero-order chi connectivity index (χ0) is 28.5. The lowest BCUT2D eigenvalue weighted by Gasteiger charge is -2.37. The second kappa shape index (κ2) is 11.4. The molecule has 0 aromatic heterocycles. The van der Waals surface area contributed by atoms with Crippen LogP contribution in [0.3, 0.4) is 0 Å². The summed E-state index contributed by atoms with van der Waals surface area (Å²) in [5, 5.41) is 9.17. The van der Waals surface area contributed by atoms with Crippen molar-refractivity contribution in [1.82, 2.24) is 9.80 Å². The van der Waals surface area contributed by atoms with Gasteiger partial charge in [-0.25, -0.2) is 0 Å². The fourth-order valence-corrected chi connectivity index (χ4v) is 7.02. The molecule has 1 aromatic carbocycles. The minimum absolute atomic E-state index is 0.0924. The smallest absolute Gasteiger partial charge is 0.253 e. The van der Waals surface area contributed by atoms with Gasteiger partial charge in [0.2, 0.25) is 11.8 Å². The minimum atomic E-state index is -1.25. The summed E-state index contributed by atoms with van der Waals surface area (Å²) in [6.07, 6.45) is 11.5. The van der Waals surface area contributed by atoms with E-state index in [4.69, 9.17) is 9.47 Å². The van der Waals surface area contributed by atoms with E-state index < -0.39 is 29.1 Å². The Morgan fingerprint density at radius 3 is 2.35 bits per heavy atom. The molecule has 4 heterocycles. The van der Waals surface area contributed by atoms with Crippen LogP contribution in [0, 0.1) is 11.8 Å².